The maximum Gasteiger partial charge on any atom is 0.188 e. The SMILES string of the molecule is Cc1c(Br)cccc1-n1nnnc1-c1cccc(N)c1Cl. The second kappa shape index (κ2) is 5.46. The molecule has 3 aromatic rings. The number of nitrogen functional groups attached to an aromatic ring is 1. The van der Waals surface area contributed by atoms with Crippen molar-refractivity contribution in [1.82, 2.24) is 20.2 Å². The van der Waals surface area contributed by atoms with Crippen LogP contribution in [0.4, 0.5) is 5.69 Å². The maximum atomic E-state index is 6.27. The van der Waals surface area contributed by atoms with Crippen molar-refractivity contribution in [3.05, 3.63) is 51.5 Å². The number of anilines is 1. The monoisotopic (exact) mass is 363 g/mol. The van der Waals surface area contributed by atoms with E-state index in [4.69, 9.17) is 17.3 Å². The average molecular weight is 365 g/mol. The van der Waals surface area contributed by atoms with Crippen LogP contribution in [0, 0.1) is 6.92 Å². The van der Waals surface area contributed by atoms with E-state index in [1.165, 1.54) is 0 Å². The molecule has 0 aliphatic heterocycles. The molecule has 7 heteroatoms. The fourth-order valence-corrected chi connectivity index (χ4v) is 2.63. The maximum absolute atomic E-state index is 6.27. The van der Waals surface area contributed by atoms with Crippen LogP contribution >= 0.6 is 27.5 Å². The van der Waals surface area contributed by atoms with Crippen LogP contribution in [0.2, 0.25) is 5.02 Å². The van der Waals surface area contributed by atoms with Gasteiger partial charge in [-0.1, -0.05) is 39.7 Å². The van der Waals surface area contributed by atoms with Gasteiger partial charge >= 0.3 is 0 Å². The lowest BCUT2D eigenvalue weighted by Crippen LogP contribution is -2.03. The van der Waals surface area contributed by atoms with E-state index in [0.29, 0.717) is 22.1 Å². The summed E-state index contributed by atoms with van der Waals surface area (Å²) in [6.45, 7) is 1.99. The molecule has 1 aromatic heterocycles. The molecule has 1 heterocycles. The molecule has 0 atom stereocenters. The fraction of sp³-hybridized carbons (Fsp3) is 0.0714. The molecule has 0 fully saturated rings. The molecule has 0 aliphatic carbocycles. The zero-order valence-corrected chi connectivity index (χ0v) is 13.4. The van der Waals surface area contributed by atoms with E-state index in [-0.39, 0.29) is 0 Å². The summed E-state index contributed by atoms with van der Waals surface area (Å²) in [6.07, 6.45) is 0. The number of hydrogen-bond donors (Lipinski definition) is 1. The highest BCUT2D eigenvalue weighted by molar-refractivity contribution is 9.10. The van der Waals surface area contributed by atoms with Crippen LogP contribution in [-0.2, 0) is 0 Å². The molecule has 0 spiro atoms. The van der Waals surface area contributed by atoms with Gasteiger partial charge in [0, 0.05) is 10.0 Å². The molecule has 0 saturated heterocycles. The molecular formula is C14H11BrClN5. The molecule has 21 heavy (non-hydrogen) atoms. The highest BCUT2D eigenvalue weighted by Gasteiger charge is 2.16. The summed E-state index contributed by atoms with van der Waals surface area (Å²) in [7, 11) is 0. The summed E-state index contributed by atoms with van der Waals surface area (Å²) in [5.41, 5.74) is 8.95. The van der Waals surface area contributed by atoms with E-state index in [9.17, 15) is 0 Å². The summed E-state index contributed by atoms with van der Waals surface area (Å²) >= 11 is 9.78. The molecule has 0 bridgehead atoms. The van der Waals surface area contributed by atoms with Crippen LogP contribution in [0.1, 0.15) is 5.56 Å². The summed E-state index contributed by atoms with van der Waals surface area (Å²) in [6, 6.07) is 11.2. The van der Waals surface area contributed by atoms with Crippen LogP contribution in [0.3, 0.4) is 0 Å². The first kappa shape index (κ1) is 14.0. The van der Waals surface area contributed by atoms with E-state index in [2.05, 4.69) is 31.5 Å². The van der Waals surface area contributed by atoms with Crippen molar-refractivity contribution in [2.24, 2.45) is 0 Å². The van der Waals surface area contributed by atoms with Gasteiger partial charge in [-0.05, 0) is 47.2 Å². The van der Waals surface area contributed by atoms with E-state index in [0.717, 1.165) is 15.7 Å². The third kappa shape index (κ3) is 2.41. The second-order valence-electron chi connectivity index (χ2n) is 4.51. The quantitative estimate of drug-likeness (QED) is 0.705. The standard InChI is InChI=1S/C14H11BrClN5/c1-8-10(15)5-3-7-12(8)21-14(18-19-20-21)9-4-2-6-11(17)13(9)16/h2-7H,17H2,1H3. The Bertz CT molecular complexity index is 749. The Kier molecular flexibility index (Phi) is 3.65. The predicted octanol–water partition coefficient (Wildman–Crippen LogP) is 3.64. The van der Waals surface area contributed by atoms with E-state index in [1.54, 1.807) is 10.7 Å². The number of nitrogens with two attached hydrogens (primary N) is 1. The minimum absolute atomic E-state index is 0.446. The molecule has 0 saturated carbocycles. The first-order valence-corrected chi connectivity index (χ1v) is 7.35. The molecule has 3 rings (SSSR count). The van der Waals surface area contributed by atoms with Gasteiger partial charge in [-0.15, -0.1) is 5.10 Å². The van der Waals surface area contributed by atoms with Gasteiger partial charge in [0.2, 0.25) is 0 Å². The largest absolute Gasteiger partial charge is 0.398 e. The van der Waals surface area contributed by atoms with E-state index in [1.807, 2.05) is 37.3 Å². The van der Waals surface area contributed by atoms with Gasteiger partial charge < -0.3 is 5.73 Å². The molecule has 0 radical (unpaired) electrons. The zero-order valence-electron chi connectivity index (χ0n) is 11.1. The normalized spacial score (nSPS) is 10.8. The Morgan fingerprint density at radius 3 is 2.76 bits per heavy atom. The van der Waals surface area contributed by atoms with E-state index >= 15 is 0 Å². The Labute approximate surface area is 134 Å². The minimum Gasteiger partial charge on any atom is -0.398 e. The molecule has 2 aromatic carbocycles. The molecule has 2 N–H and O–H groups in total. The van der Waals surface area contributed by atoms with Gasteiger partial charge in [0.05, 0.1) is 16.4 Å². The molecular weight excluding hydrogens is 354 g/mol. The summed E-state index contributed by atoms with van der Waals surface area (Å²) in [5, 5.41) is 12.4. The Morgan fingerprint density at radius 1 is 1.19 bits per heavy atom. The topological polar surface area (TPSA) is 69.6 Å². The van der Waals surface area contributed by atoms with Crippen molar-refractivity contribution in [1.29, 1.82) is 0 Å². The van der Waals surface area contributed by atoms with Gasteiger partial charge in [-0.2, -0.15) is 4.68 Å². The second-order valence-corrected chi connectivity index (χ2v) is 5.74. The van der Waals surface area contributed by atoms with Gasteiger partial charge in [0.15, 0.2) is 5.82 Å². The average Bonchev–Trinajstić information content (AvgIpc) is 2.94. The van der Waals surface area contributed by atoms with E-state index < -0.39 is 0 Å². The Hall–Kier alpha value is -1.92. The number of halogens is 2. The number of aromatic nitrogens is 4. The third-order valence-corrected chi connectivity index (χ3v) is 4.49. The van der Waals surface area contributed by atoms with Crippen LogP contribution in [-0.4, -0.2) is 20.2 Å². The van der Waals surface area contributed by atoms with Gasteiger partial charge in [0.25, 0.3) is 0 Å². The number of rotatable bonds is 2. The van der Waals surface area contributed by atoms with Crippen molar-refractivity contribution >= 4 is 33.2 Å². The van der Waals surface area contributed by atoms with Crippen molar-refractivity contribution in [3.63, 3.8) is 0 Å². The smallest absolute Gasteiger partial charge is 0.188 e. The van der Waals surface area contributed by atoms with Gasteiger partial charge in [0.1, 0.15) is 0 Å². The molecule has 0 aliphatic rings. The Balaban J connectivity index is 2.22. The number of nitrogens with zero attached hydrogens (tertiary/aromatic N) is 4. The van der Waals surface area contributed by atoms with Gasteiger partial charge in [-0.25, -0.2) is 0 Å². The highest BCUT2D eigenvalue weighted by atomic mass is 79.9. The third-order valence-electron chi connectivity index (χ3n) is 3.21. The van der Waals surface area contributed by atoms with Crippen LogP contribution < -0.4 is 5.73 Å². The van der Waals surface area contributed by atoms with Crippen molar-refractivity contribution in [2.45, 2.75) is 6.92 Å². The highest BCUT2D eigenvalue weighted by Crippen LogP contribution is 2.32. The lowest BCUT2D eigenvalue weighted by atomic mass is 10.1. The number of hydrogen-bond acceptors (Lipinski definition) is 4. The number of benzene rings is 2. The molecule has 106 valence electrons. The summed E-state index contributed by atoms with van der Waals surface area (Å²) < 4.78 is 2.64. The minimum atomic E-state index is 0.446. The number of tetrazole rings is 1. The predicted molar refractivity (Wildman–Crippen MR) is 86.4 cm³/mol. The van der Waals surface area contributed by atoms with Crippen LogP contribution in [0.5, 0.6) is 0 Å². The summed E-state index contributed by atoms with van der Waals surface area (Å²) in [5.74, 6) is 0.550. The fourth-order valence-electron chi connectivity index (χ4n) is 2.07. The summed E-state index contributed by atoms with van der Waals surface area (Å²) in [4.78, 5) is 0. The van der Waals surface area contributed by atoms with Crippen molar-refractivity contribution in [3.8, 4) is 17.1 Å². The first-order valence-electron chi connectivity index (χ1n) is 6.18. The molecule has 0 amide bonds. The van der Waals surface area contributed by atoms with Crippen LogP contribution in [0.25, 0.3) is 17.1 Å². The molecule has 5 nitrogen and oxygen atoms in total. The van der Waals surface area contributed by atoms with Crippen molar-refractivity contribution in [2.75, 3.05) is 5.73 Å². The van der Waals surface area contributed by atoms with Crippen LogP contribution in [0.15, 0.2) is 40.9 Å². The Morgan fingerprint density at radius 2 is 1.95 bits per heavy atom. The van der Waals surface area contributed by atoms with Gasteiger partial charge in [-0.3, -0.25) is 0 Å². The lowest BCUT2D eigenvalue weighted by molar-refractivity contribution is 0.787. The lowest BCUT2D eigenvalue weighted by Gasteiger charge is -2.10. The first-order chi connectivity index (χ1) is 10.1. The molecule has 0 unspecified atom stereocenters. The zero-order chi connectivity index (χ0) is 15.0. The van der Waals surface area contributed by atoms with Crippen molar-refractivity contribution < 1.29 is 0 Å².